The van der Waals surface area contributed by atoms with Crippen molar-refractivity contribution < 1.29 is 9.90 Å². The fourth-order valence-electron chi connectivity index (χ4n) is 2.32. The molecule has 0 fully saturated rings. The van der Waals surface area contributed by atoms with E-state index in [9.17, 15) is 9.90 Å². The van der Waals surface area contributed by atoms with E-state index in [0.29, 0.717) is 22.6 Å². The average Bonchev–Trinajstić information content (AvgIpc) is 2.93. The minimum Gasteiger partial charge on any atom is -0.387 e. The van der Waals surface area contributed by atoms with Gasteiger partial charge in [0.15, 0.2) is 0 Å². The van der Waals surface area contributed by atoms with Crippen LogP contribution in [0, 0.1) is 0 Å². The number of rotatable bonds is 6. The summed E-state index contributed by atoms with van der Waals surface area (Å²) in [5.41, 5.74) is 2.48. The molecule has 5 nitrogen and oxygen atoms in total. The molecule has 0 spiro atoms. The highest BCUT2D eigenvalue weighted by molar-refractivity contribution is 9.10. The predicted octanol–water partition coefficient (Wildman–Crippen LogP) is 3.25. The third-order valence-corrected chi connectivity index (χ3v) is 4.33. The summed E-state index contributed by atoms with van der Waals surface area (Å²) in [5.74, 6) is 0.196. The van der Waals surface area contributed by atoms with Crippen molar-refractivity contribution in [2.24, 2.45) is 0 Å². The predicted molar refractivity (Wildman–Crippen MR) is 93.4 cm³/mol. The summed E-state index contributed by atoms with van der Waals surface area (Å²) < 4.78 is 2.26. The van der Waals surface area contributed by atoms with Gasteiger partial charge < -0.3 is 10.4 Å². The maximum atomic E-state index is 12.3. The van der Waals surface area contributed by atoms with Crippen molar-refractivity contribution in [2.45, 2.75) is 39.3 Å². The molecule has 1 atom stereocenters. The van der Waals surface area contributed by atoms with Crippen LogP contribution in [0.4, 0.5) is 0 Å². The number of aryl methyl sites for hydroxylation is 1. The number of carbonyl (C=O) groups is 1. The van der Waals surface area contributed by atoms with E-state index in [0.717, 1.165) is 5.56 Å². The number of amides is 1. The van der Waals surface area contributed by atoms with E-state index in [2.05, 4.69) is 40.2 Å². The first-order valence-electron chi connectivity index (χ1n) is 7.71. The summed E-state index contributed by atoms with van der Waals surface area (Å²) in [5, 5.41) is 17.1. The molecule has 2 aromatic rings. The van der Waals surface area contributed by atoms with Crippen LogP contribution in [0.25, 0.3) is 0 Å². The zero-order valence-electron chi connectivity index (χ0n) is 13.6. The van der Waals surface area contributed by atoms with Crippen LogP contribution in [-0.2, 0) is 6.54 Å². The van der Waals surface area contributed by atoms with E-state index in [1.165, 1.54) is 5.56 Å². The molecule has 1 aromatic heterocycles. The van der Waals surface area contributed by atoms with E-state index >= 15 is 0 Å². The van der Waals surface area contributed by atoms with Gasteiger partial charge in [-0.2, -0.15) is 5.10 Å². The lowest BCUT2D eigenvalue weighted by Crippen LogP contribution is -2.30. The quantitative estimate of drug-likeness (QED) is 0.809. The van der Waals surface area contributed by atoms with Crippen LogP contribution in [0.3, 0.4) is 0 Å². The molecule has 0 aliphatic heterocycles. The molecular formula is C17H22BrN3O2. The number of benzene rings is 1. The summed E-state index contributed by atoms with van der Waals surface area (Å²) in [6, 6.07) is 7.82. The van der Waals surface area contributed by atoms with Gasteiger partial charge in [-0.3, -0.25) is 9.48 Å². The molecule has 1 aromatic carbocycles. The monoisotopic (exact) mass is 379 g/mol. The van der Waals surface area contributed by atoms with Crippen molar-refractivity contribution in [2.75, 3.05) is 6.54 Å². The molecule has 2 rings (SSSR count). The first-order chi connectivity index (χ1) is 10.9. The molecule has 0 saturated heterocycles. The van der Waals surface area contributed by atoms with Gasteiger partial charge in [0.1, 0.15) is 5.69 Å². The molecule has 0 aliphatic carbocycles. The van der Waals surface area contributed by atoms with E-state index in [1.807, 2.05) is 31.2 Å². The van der Waals surface area contributed by atoms with Crippen molar-refractivity contribution in [3.8, 4) is 0 Å². The van der Waals surface area contributed by atoms with Crippen LogP contribution >= 0.6 is 15.9 Å². The third-order valence-electron chi connectivity index (χ3n) is 3.75. The number of carbonyl (C=O) groups excluding carboxylic acids is 1. The van der Waals surface area contributed by atoms with Gasteiger partial charge in [0, 0.05) is 13.1 Å². The topological polar surface area (TPSA) is 67.2 Å². The van der Waals surface area contributed by atoms with Crippen molar-refractivity contribution in [1.29, 1.82) is 0 Å². The Hall–Kier alpha value is -1.66. The summed E-state index contributed by atoms with van der Waals surface area (Å²) in [6.45, 7) is 6.93. The van der Waals surface area contributed by atoms with E-state index in [4.69, 9.17) is 0 Å². The van der Waals surface area contributed by atoms with Gasteiger partial charge >= 0.3 is 0 Å². The van der Waals surface area contributed by atoms with Crippen molar-refractivity contribution >= 4 is 21.8 Å². The number of halogens is 1. The zero-order valence-corrected chi connectivity index (χ0v) is 15.2. The van der Waals surface area contributed by atoms with Crippen molar-refractivity contribution in [3.63, 3.8) is 0 Å². The SMILES string of the molecule is CCn1ncc(Br)c1C(=O)NCC(O)c1ccc(C(C)C)cc1. The normalized spacial score (nSPS) is 12.4. The zero-order chi connectivity index (χ0) is 17.0. The van der Waals surface area contributed by atoms with Crippen molar-refractivity contribution in [1.82, 2.24) is 15.1 Å². The smallest absolute Gasteiger partial charge is 0.270 e. The molecule has 1 amide bonds. The molecule has 0 radical (unpaired) electrons. The lowest BCUT2D eigenvalue weighted by Gasteiger charge is -2.14. The van der Waals surface area contributed by atoms with Crippen LogP contribution in [-0.4, -0.2) is 27.3 Å². The second kappa shape index (κ2) is 7.75. The Bertz CT molecular complexity index is 665. The lowest BCUT2D eigenvalue weighted by atomic mass is 10.00. The Labute approximate surface area is 144 Å². The van der Waals surface area contributed by atoms with Gasteiger partial charge in [-0.15, -0.1) is 0 Å². The van der Waals surface area contributed by atoms with Gasteiger partial charge in [0.25, 0.3) is 5.91 Å². The molecular weight excluding hydrogens is 358 g/mol. The standard InChI is InChI=1S/C17H22BrN3O2/c1-4-21-16(14(18)9-20-21)17(23)19-10-15(22)13-7-5-12(6-8-13)11(2)3/h5-9,11,15,22H,4,10H2,1-3H3,(H,19,23). The average molecular weight is 380 g/mol. The van der Waals surface area contributed by atoms with Crippen LogP contribution in [0.2, 0.25) is 0 Å². The number of aromatic nitrogens is 2. The summed E-state index contributed by atoms with van der Waals surface area (Å²) >= 11 is 3.33. The highest BCUT2D eigenvalue weighted by atomic mass is 79.9. The van der Waals surface area contributed by atoms with E-state index < -0.39 is 6.10 Å². The Balaban J connectivity index is 1.99. The fraction of sp³-hybridized carbons (Fsp3) is 0.412. The second-order valence-corrected chi connectivity index (χ2v) is 6.56. The second-order valence-electron chi connectivity index (χ2n) is 5.70. The summed E-state index contributed by atoms with van der Waals surface area (Å²) in [6.07, 6.45) is 0.858. The molecule has 0 bridgehead atoms. The van der Waals surface area contributed by atoms with Gasteiger partial charge in [-0.05, 0) is 39.9 Å². The van der Waals surface area contributed by atoms with E-state index in [-0.39, 0.29) is 12.5 Å². The molecule has 124 valence electrons. The lowest BCUT2D eigenvalue weighted by molar-refractivity contribution is 0.0905. The summed E-state index contributed by atoms with van der Waals surface area (Å²) in [4.78, 5) is 12.3. The van der Waals surface area contributed by atoms with Crippen LogP contribution in [0.1, 0.15) is 54.4 Å². The van der Waals surface area contributed by atoms with Crippen LogP contribution in [0.15, 0.2) is 34.9 Å². The number of hydrogen-bond acceptors (Lipinski definition) is 3. The Morgan fingerprint density at radius 3 is 2.48 bits per heavy atom. The number of nitrogens with zero attached hydrogens (tertiary/aromatic N) is 2. The third kappa shape index (κ3) is 4.20. The maximum absolute atomic E-state index is 12.3. The van der Waals surface area contributed by atoms with E-state index in [1.54, 1.807) is 10.9 Å². The Morgan fingerprint density at radius 1 is 1.30 bits per heavy atom. The minimum atomic E-state index is -0.739. The molecule has 1 unspecified atom stereocenters. The Kier molecular flexibility index (Phi) is 5.96. The number of hydrogen-bond donors (Lipinski definition) is 2. The first-order valence-corrected chi connectivity index (χ1v) is 8.50. The fourth-order valence-corrected chi connectivity index (χ4v) is 2.80. The maximum Gasteiger partial charge on any atom is 0.270 e. The number of nitrogens with one attached hydrogen (secondary N) is 1. The first kappa shape index (κ1) is 17.7. The van der Waals surface area contributed by atoms with Crippen LogP contribution < -0.4 is 5.32 Å². The molecule has 2 N–H and O–H groups in total. The highest BCUT2D eigenvalue weighted by Gasteiger charge is 2.17. The van der Waals surface area contributed by atoms with Gasteiger partial charge in [0.2, 0.25) is 0 Å². The van der Waals surface area contributed by atoms with Gasteiger partial charge in [0.05, 0.1) is 16.8 Å². The minimum absolute atomic E-state index is 0.154. The van der Waals surface area contributed by atoms with Gasteiger partial charge in [-0.1, -0.05) is 38.1 Å². The molecule has 0 saturated carbocycles. The van der Waals surface area contributed by atoms with Crippen molar-refractivity contribution in [3.05, 3.63) is 51.8 Å². The number of aliphatic hydroxyl groups excluding tert-OH is 1. The van der Waals surface area contributed by atoms with Crippen LogP contribution in [0.5, 0.6) is 0 Å². The summed E-state index contributed by atoms with van der Waals surface area (Å²) in [7, 11) is 0. The largest absolute Gasteiger partial charge is 0.387 e. The molecule has 1 heterocycles. The molecule has 0 aliphatic rings. The highest BCUT2D eigenvalue weighted by Crippen LogP contribution is 2.19. The molecule has 6 heteroatoms. The number of aliphatic hydroxyl groups is 1. The molecule has 23 heavy (non-hydrogen) atoms. The Morgan fingerprint density at radius 2 is 1.91 bits per heavy atom. The van der Waals surface area contributed by atoms with Gasteiger partial charge in [-0.25, -0.2) is 0 Å².